The Labute approximate surface area is 81.5 Å². The molecule has 0 saturated heterocycles. The first-order chi connectivity index (χ1) is 6.77. The maximum absolute atomic E-state index is 4.19. The molecule has 0 spiro atoms. The molecule has 6 heteroatoms. The van der Waals surface area contributed by atoms with Crippen molar-refractivity contribution in [2.45, 2.75) is 6.04 Å². The third-order valence-corrected chi connectivity index (χ3v) is 1.70. The van der Waals surface area contributed by atoms with Gasteiger partial charge in [-0.25, -0.2) is 20.0 Å². The van der Waals surface area contributed by atoms with Crippen LogP contribution in [0.3, 0.4) is 0 Å². The molecule has 0 N–H and O–H groups in total. The van der Waals surface area contributed by atoms with E-state index >= 15 is 0 Å². The normalized spacial score (nSPS) is 23.7. The van der Waals surface area contributed by atoms with E-state index in [9.17, 15) is 0 Å². The summed E-state index contributed by atoms with van der Waals surface area (Å²) in [5.41, 5.74) is 0. The Kier molecular flexibility index (Phi) is 2.18. The molecule has 0 bridgehead atoms. The van der Waals surface area contributed by atoms with Crippen LogP contribution >= 0.6 is 0 Å². The highest BCUT2D eigenvalue weighted by Crippen LogP contribution is 2.09. The Morgan fingerprint density at radius 2 is 2.21 bits per heavy atom. The molecule has 0 radical (unpaired) electrons. The minimum atomic E-state index is -0.212. The maximum atomic E-state index is 4.19. The van der Waals surface area contributed by atoms with Gasteiger partial charge in [0.2, 0.25) is 0 Å². The Bertz CT molecular complexity index is 373. The number of fused-ring (bicyclic) bond motifs is 1. The lowest BCUT2D eigenvalue weighted by Crippen LogP contribution is -2.27. The van der Waals surface area contributed by atoms with Gasteiger partial charge in [-0.2, -0.15) is 0 Å². The van der Waals surface area contributed by atoms with Crippen molar-refractivity contribution >= 4 is 30.7 Å². The molecular formula is C8H10N6. The molecule has 0 amide bonds. The van der Waals surface area contributed by atoms with Crippen LogP contribution in [-0.2, 0) is 0 Å². The minimum absolute atomic E-state index is 0.212. The fourth-order valence-electron chi connectivity index (χ4n) is 1.08. The van der Waals surface area contributed by atoms with Crippen LogP contribution in [-0.4, -0.2) is 55.7 Å². The van der Waals surface area contributed by atoms with Crippen LogP contribution in [0.25, 0.3) is 0 Å². The molecule has 0 saturated carbocycles. The van der Waals surface area contributed by atoms with Crippen molar-refractivity contribution in [3.8, 4) is 0 Å². The number of hydrogen-bond donors (Lipinski definition) is 0. The van der Waals surface area contributed by atoms with E-state index in [4.69, 9.17) is 0 Å². The smallest absolute Gasteiger partial charge is 0.171 e. The van der Waals surface area contributed by atoms with E-state index in [1.807, 2.05) is 19.0 Å². The molecule has 2 heterocycles. The summed E-state index contributed by atoms with van der Waals surface area (Å²) in [5, 5.41) is 0. The summed E-state index contributed by atoms with van der Waals surface area (Å²) in [4.78, 5) is 22.2. The number of amidine groups is 2. The lowest BCUT2D eigenvalue weighted by atomic mass is 10.2. The van der Waals surface area contributed by atoms with E-state index in [0.29, 0.717) is 11.7 Å². The van der Waals surface area contributed by atoms with Crippen LogP contribution in [0.4, 0.5) is 0 Å². The lowest BCUT2D eigenvalue weighted by molar-refractivity contribution is 0.643. The van der Waals surface area contributed by atoms with Crippen LogP contribution in [0.15, 0.2) is 25.0 Å². The molecule has 14 heavy (non-hydrogen) atoms. The van der Waals surface area contributed by atoms with Gasteiger partial charge in [-0.15, -0.1) is 0 Å². The molecule has 0 fully saturated rings. The Morgan fingerprint density at radius 3 is 3.00 bits per heavy atom. The molecule has 1 atom stereocenters. The summed E-state index contributed by atoms with van der Waals surface area (Å²) >= 11 is 0. The zero-order chi connectivity index (χ0) is 9.97. The molecule has 6 nitrogen and oxygen atoms in total. The van der Waals surface area contributed by atoms with Gasteiger partial charge in [-0.05, 0) is 0 Å². The van der Waals surface area contributed by atoms with Gasteiger partial charge in [0.1, 0.15) is 12.7 Å². The fraction of sp³-hybridized carbons (Fsp3) is 0.375. The summed E-state index contributed by atoms with van der Waals surface area (Å²) in [6.45, 7) is 0. The molecule has 2 aliphatic rings. The van der Waals surface area contributed by atoms with E-state index in [1.165, 1.54) is 12.7 Å². The second kappa shape index (κ2) is 3.49. The van der Waals surface area contributed by atoms with Crippen molar-refractivity contribution in [2.75, 3.05) is 14.1 Å². The van der Waals surface area contributed by atoms with Crippen molar-refractivity contribution in [3.63, 3.8) is 0 Å². The first kappa shape index (κ1) is 8.74. The van der Waals surface area contributed by atoms with Gasteiger partial charge in [0.15, 0.2) is 17.7 Å². The van der Waals surface area contributed by atoms with Crippen LogP contribution in [0.1, 0.15) is 0 Å². The summed E-state index contributed by atoms with van der Waals surface area (Å²) in [7, 11) is 3.79. The highest BCUT2D eigenvalue weighted by Gasteiger charge is 2.25. The minimum Gasteiger partial charge on any atom is -0.369 e. The van der Waals surface area contributed by atoms with Crippen LogP contribution in [0, 0.1) is 0 Å². The average molecular weight is 190 g/mol. The Hall–Kier alpha value is -1.85. The fourth-order valence-corrected chi connectivity index (χ4v) is 1.08. The second-order valence-corrected chi connectivity index (χ2v) is 3.09. The third kappa shape index (κ3) is 1.59. The average Bonchev–Trinajstić information content (AvgIpc) is 2.62. The number of rotatable bonds is 1. The van der Waals surface area contributed by atoms with Crippen molar-refractivity contribution < 1.29 is 0 Å². The Balaban J connectivity index is 2.19. The predicted octanol–water partition coefficient (Wildman–Crippen LogP) is -0.174. The van der Waals surface area contributed by atoms with E-state index in [-0.39, 0.29) is 6.04 Å². The molecule has 2 aliphatic heterocycles. The van der Waals surface area contributed by atoms with Crippen molar-refractivity contribution in [1.29, 1.82) is 0 Å². The number of hydrogen-bond acceptors (Lipinski definition) is 5. The van der Waals surface area contributed by atoms with Gasteiger partial charge in [0.05, 0.1) is 6.34 Å². The van der Waals surface area contributed by atoms with Crippen LogP contribution in [0.2, 0.25) is 0 Å². The van der Waals surface area contributed by atoms with Gasteiger partial charge in [0.25, 0.3) is 0 Å². The monoisotopic (exact) mass is 190 g/mol. The van der Waals surface area contributed by atoms with E-state index in [2.05, 4.69) is 25.0 Å². The van der Waals surface area contributed by atoms with Gasteiger partial charge in [0, 0.05) is 14.1 Å². The number of nitrogens with zero attached hydrogens (tertiary/aromatic N) is 6. The zero-order valence-electron chi connectivity index (χ0n) is 7.99. The molecule has 0 aliphatic carbocycles. The van der Waals surface area contributed by atoms with Crippen molar-refractivity contribution in [2.24, 2.45) is 25.0 Å². The highest BCUT2D eigenvalue weighted by atomic mass is 15.2. The molecular weight excluding hydrogens is 180 g/mol. The standard InChI is InChI=1S/C8H10N6/c1-14(2)5-13-8-6-7(10-3-9-6)11-4-12-8/h3-6H,1-2H3. The lowest BCUT2D eigenvalue weighted by Gasteiger charge is -2.10. The molecule has 0 aromatic carbocycles. The zero-order valence-corrected chi connectivity index (χ0v) is 7.99. The summed E-state index contributed by atoms with van der Waals surface area (Å²) < 4.78 is 0. The maximum Gasteiger partial charge on any atom is 0.171 e. The van der Waals surface area contributed by atoms with Crippen LogP contribution in [0.5, 0.6) is 0 Å². The third-order valence-electron chi connectivity index (χ3n) is 1.70. The van der Waals surface area contributed by atoms with E-state index in [1.54, 1.807) is 6.34 Å². The first-order valence-corrected chi connectivity index (χ1v) is 4.17. The van der Waals surface area contributed by atoms with E-state index < -0.39 is 0 Å². The van der Waals surface area contributed by atoms with E-state index in [0.717, 1.165) is 0 Å². The van der Waals surface area contributed by atoms with Crippen molar-refractivity contribution in [1.82, 2.24) is 4.90 Å². The van der Waals surface area contributed by atoms with Crippen molar-refractivity contribution in [3.05, 3.63) is 0 Å². The predicted molar refractivity (Wildman–Crippen MR) is 57.8 cm³/mol. The summed E-state index contributed by atoms with van der Waals surface area (Å²) in [5.74, 6) is 1.28. The van der Waals surface area contributed by atoms with Crippen LogP contribution < -0.4 is 0 Å². The topological polar surface area (TPSA) is 65.0 Å². The molecule has 0 aromatic heterocycles. The molecule has 72 valence electrons. The highest BCUT2D eigenvalue weighted by molar-refractivity contribution is 6.20. The molecule has 1 unspecified atom stereocenters. The molecule has 0 aromatic rings. The second-order valence-electron chi connectivity index (χ2n) is 3.09. The molecule has 2 rings (SSSR count). The summed E-state index contributed by atoms with van der Waals surface area (Å²) in [6.07, 6.45) is 4.62. The number of aliphatic imine (C=N–C) groups is 5. The largest absolute Gasteiger partial charge is 0.369 e. The first-order valence-electron chi connectivity index (χ1n) is 4.17. The Morgan fingerprint density at radius 1 is 1.36 bits per heavy atom. The van der Waals surface area contributed by atoms with Gasteiger partial charge >= 0.3 is 0 Å². The SMILES string of the molecule is CN(C)C=NC1=NC=NC2=NC=NC12. The van der Waals surface area contributed by atoms with Gasteiger partial charge in [-0.3, -0.25) is 4.99 Å². The summed E-state index contributed by atoms with van der Waals surface area (Å²) in [6, 6.07) is -0.212. The quantitative estimate of drug-likeness (QED) is 0.418. The van der Waals surface area contributed by atoms with Gasteiger partial charge in [-0.1, -0.05) is 0 Å². The van der Waals surface area contributed by atoms with Gasteiger partial charge < -0.3 is 4.90 Å².